The van der Waals surface area contributed by atoms with E-state index in [0.29, 0.717) is 41.8 Å². The van der Waals surface area contributed by atoms with E-state index in [1.54, 1.807) is 0 Å². The average Bonchev–Trinajstić information content (AvgIpc) is 2.68. The van der Waals surface area contributed by atoms with Gasteiger partial charge in [0, 0.05) is 19.8 Å². The van der Waals surface area contributed by atoms with Crippen LogP contribution in [0.4, 0.5) is 0 Å². The molecule has 0 bridgehead atoms. The molecule has 7 unspecified atom stereocenters. The molecule has 0 aromatic heterocycles. The van der Waals surface area contributed by atoms with Crippen LogP contribution >= 0.6 is 0 Å². The van der Waals surface area contributed by atoms with E-state index in [4.69, 9.17) is 14.2 Å². The first-order valence-corrected chi connectivity index (χ1v) is 11.8. The molecule has 158 valence electrons. The second-order valence-corrected chi connectivity index (χ2v) is 10.4. The summed E-state index contributed by atoms with van der Waals surface area (Å²) in [5.74, 6) is 4.92. The molecule has 0 spiro atoms. The van der Waals surface area contributed by atoms with Crippen LogP contribution in [0.2, 0.25) is 0 Å². The Balaban J connectivity index is 1.54. The Bertz CT molecular complexity index is 435. The van der Waals surface area contributed by atoms with Gasteiger partial charge in [-0.05, 0) is 80.0 Å². The summed E-state index contributed by atoms with van der Waals surface area (Å²) in [6, 6.07) is 0. The zero-order valence-electron chi connectivity index (χ0n) is 18.5. The van der Waals surface area contributed by atoms with Crippen LogP contribution in [0.15, 0.2) is 0 Å². The van der Waals surface area contributed by atoms with Gasteiger partial charge in [0.25, 0.3) is 0 Å². The second-order valence-electron chi connectivity index (χ2n) is 10.4. The van der Waals surface area contributed by atoms with Gasteiger partial charge in [-0.2, -0.15) is 0 Å². The van der Waals surface area contributed by atoms with E-state index in [9.17, 15) is 0 Å². The van der Waals surface area contributed by atoms with Gasteiger partial charge in [0.15, 0.2) is 0 Å². The van der Waals surface area contributed by atoms with E-state index >= 15 is 0 Å². The van der Waals surface area contributed by atoms with E-state index < -0.39 is 0 Å². The van der Waals surface area contributed by atoms with E-state index in [-0.39, 0.29) is 0 Å². The Morgan fingerprint density at radius 2 is 1.67 bits per heavy atom. The van der Waals surface area contributed by atoms with Gasteiger partial charge >= 0.3 is 0 Å². The Morgan fingerprint density at radius 1 is 0.852 bits per heavy atom. The predicted molar refractivity (Wildman–Crippen MR) is 111 cm³/mol. The molecule has 3 fully saturated rings. The van der Waals surface area contributed by atoms with Crippen molar-refractivity contribution >= 4 is 0 Å². The SMILES string of the molecule is CC(C)C1CCCC(CC(C)C2COCC(C3COCCC3C(C)C)C2)O1. The summed E-state index contributed by atoms with van der Waals surface area (Å²) >= 11 is 0. The molecule has 3 aliphatic rings. The lowest BCUT2D eigenvalue weighted by Crippen LogP contribution is -2.42. The number of hydrogen-bond donors (Lipinski definition) is 0. The molecular weight excluding hydrogens is 336 g/mol. The van der Waals surface area contributed by atoms with Crippen LogP contribution in [0, 0.1) is 41.4 Å². The van der Waals surface area contributed by atoms with E-state index in [1.807, 2.05) is 0 Å². The highest BCUT2D eigenvalue weighted by Crippen LogP contribution is 2.41. The molecule has 0 N–H and O–H groups in total. The number of rotatable bonds is 6. The first-order chi connectivity index (χ1) is 13.0. The van der Waals surface area contributed by atoms with Gasteiger partial charge in [0.1, 0.15) is 0 Å². The third kappa shape index (κ3) is 5.70. The minimum absolute atomic E-state index is 0.461. The van der Waals surface area contributed by atoms with Crippen LogP contribution in [-0.4, -0.2) is 38.6 Å². The highest BCUT2D eigenvalue weighted by atomic mass is 16.5. The van der Waals surface area contributed by atoms with E-state index in [2.05, 4.69) is 34.6 Å². The van der Waals surface area contributed by atoms with Gasteiger partial charge in [0.05, 0.1) is 18.8 Å². The highest BCUT2D eigenvalue weighted by molar-refractivity contribution is 4.87. The molecule has 3 aliphatic heterocycles. The minimum atomic E-state index is 0.461. The molecule has 3 saturated heterocycles. The predicted octanol–water partition coefficient (Wildman–Crippen LogP) is 5.57. The molecule has 0 radical (unpaired) electrons. The van der Waals surface area contributed by atoms with Crippen molar-refractivity contribution in [1.29, 1.82) is 0 Å². The fraction of sp³-hybridized carbons (Fsp3) is 1.00. The van der Waals surface area contributed by atoms with Crippen LogP contribution in [0.25, 0.3) is 0 Å². The summed E-state index contributed by atoms with van der Waals surface area (Å²) in [5, 5.41) is 0. The van der Waals surface area contributed by atoms with Gasteiger partial charge in [0.2, 0.25) is 0 Å². The second kappa shape index (κ2) is 10.1. The third-order valence-electron chi connectivity index (χ3n) is 7.75. The Labute approximate surface area is 167 Å². The summed E-state index contributed by atoms with van der Waals surface area (Å²) in [5.41, 5.74) is 0. The minimum Gasteiger partial charge on any atom is -0.381 e. The topological polar surface area (TPSA) is 27.7 Å². The fourth-order valence-electron chi connectivity index (χ4n) is 5.88. The van der Waals surface area contributed by atoms with Crippen LogP contribution in [0.1, 0.15) is 73.1 Å². The largest absolute Gasteiger partial charge is 0.381 e. The molecule has 7 atom stereocenters. The first kappa shape index (κ1) is 21.6. The maximum absolute atomic E-state index is 6.44. The van der Waals surface area contributed by atoms with Crippen LogP contribution in [-0.2, 0) is 14.2 Å². The van der Waals surface area contributed by atoms with Crippen LogP contribution < -0.4 is 0 Å². The Morgan fingerprint density at radius 3 is 2.41 bits per heavy atom. The van der Waals surface area contributed by atoms with Gasteiger partial charge < -0.3 is 14.2 Å². The summed E-state index contributed by atoms with van der Waals surface area (Å²) in [7, 11) is 0. The van der Waals surface area contributed by atoms with Crippen molar-refractivity contribution in [1.82, 2.24) is 0 Å². The highest BCUT2D eigenvalue weighted by Gasteiger charge is 2.39. The molecule has 0 aromatic carbocycles. The van der Waals surface area contributed by atoms with Crippen LogP contribution in [0.5, 0.6) is 0 Å². The van der Waals surface area contributed by atoms with Crippen molar-refractivity contribution < 1.29 is 14.2 Å². The Kier molecular flexibility index (Phi) is 8.05. The third-order valence-corrected chi connectivity index (χ3v) is 7.75. The zero-order chi connectivity index (χ0) is 19.4. The molecule has 3 nitrogen and oxygen atoms in total. The molecule has 3 heterocycles. The zero-order valence-corrected chi connectivity index (χ0v) is 18.5. The van der Waals surface area contributed by atoms with Gasteiger partial charge in [-0.1, -0.05) is 34.6 Å². The number of hydrogen-bond acceptors (Lipinski definition) is 3. The van der Waals surface area contributed by atoms with Crippen LogP contribution in [0.3, 0.4) is 0 Å². The van der Waals surface area contributed by atoms with Crippen molar-refractivity contribution in [2.24, 2.45) is 41.4 Å². The molecule has 3 heteroatoms. The molecular formula is C24H44O3. The van der Waals surface area contributed by atoms with Crippen molar-refractivity contribution in [2.75, 3.05) is 26.4 Å². The molecule has 27 heavy (non-hydrogen) atoms. The van der Waals surface area contributed by atoms with Crippen molar-refractivity contribution in [3.05, 3.63) is 0 Å². The lowest BCUT2D eigenvalue weighted by molar-refractivity contribution is -0.0999. The Hall–Kier alpha value is -0.120. The normalized spacial score (nSPS) is 39.7. The van der Waals surface area contributed by atoms with Crippen molar-refractivity contribution in [3.8, 4) is 0 Å². The summed E-state index contributed by atoms with van der Waals surface area (Å²) in [6.45, 7) is 15.6. The molecule has 0 saturated carbocycles. The smallest absolute Gasteiger partial charge is 0.0601 e. The quantitative estimate of drug-likeness (QED) is 0.603. The lowest BCUT2D eigenvalue weighted by Gasteiger charge is -2.43. The molecule has 0 amide bonds. The van der Waals surface area contributed by atoms with Crippen molar-refractivity contribution in [2.45, 2.75) is 85.4 Å². The summed E-state index contributed by atoms with van der Waals surface area (Å²) in [6.07, 6.45) is 8.51. The maximum atomic E-state index is 6.44. The monoisotopic (exact) mass is 380 g/mol. The van der Waals surface area contributed by atoms with E-state index in [0.717, 1.165) is 38.3 Å². The summed E-state index contributed by atoms with van der Waals surface area (Å²) < 4.78 is 18.5. The molecule has 0 aromatic rings. The summed E-state index contributed by atoms with van der Waals surface area (Å²) in [4.78, 5) is 0. The van der Waals surface area contributed by atoms with E-state index in [1.165, 1.54) is 38.5 Å². The molecule has 0 aliphatic carbocycles. The fourth-order valence-corrected chi connectivity index (χ4v) is 5.88. The van der Waals surface area contributed by atoms with Crippen molar-refractivity contribution in [3.63, 3.8) is 0 Å². The van der Waals surface area contributed by atoms with Gasteiger partial charge in [-0.15, -0.1) is 0 Å². The standard InChI is InChI=1S/C24H44O3/c1-16(2)22-9-10-25-15-23(22)20-12-19(13-26-14-20)18(5)11-21-7-6-8-24(27-21)17(3)4/h16-24H,6-15H2,1-5H3. The first-order valence-electron chi connectivity index (χ1n) is 11.8. The molecule has 3 rings (SSSR count). The lowest BCUT2D eigenvalue weighted by atomic mass is 9.69. The van der Waals surface area contributed by atoms with Gasteiger partial charge in [-0.25, -0.2) is 0 Å². The maximum Gasteiger partial charge on any atom is 0.0601 e. The number of ether oxygens (including phenoxy) is 3. The van der Waals surface area contributed by atoms with Gasteiger partial charge in [-0.3, -0.25) is 0 Å². The average molecular weight is 381 g/mol.